The Balaban J connectivity index is 1.19. The van der Waals surface area contributed by atoms with Gasteiger partial charge in [0.25, 0.3) is 0 Å². The number of anilines is 1. The number of Topliss-reactive ketones (excluding diaryl/α,β-unsaturated/α-hetero) is 1. The van der Waals surface area contributed by atoms with Crippen LogP contribution in [0.4, 0.5) is 10.2 Å². The van der Waals surface area contributed by atoms with Crippen LogP contribution in [0.25, 0.3) is 22.0 Å². The van der Waals surface area contributed by atoms with Crippen LogP contribution in [0.2, 0.25) is 0 Å². The number of aromatic nitrogens is 5. The van der Waals surface area contributed by atoms with Crippen molar-refractivity contribution in [1.29, 1.82) is 0 Å². The van der Waals surface area contributed by atoms with Gasteiger partial charge in [-0.05, 0) is 31.3 Å². The molecule has 0 N–H and O–H groups in total. The molecule has 0 saturated carbocycles. The van der Waals surface area contributed by atoms with E-state index in [-0.39, 0.29) is 18.9 Å². The third kappa shape index (κ3) is 5.01. The van der Waals surface area contributed by atoms with Crippen LogP contribution in [0.1, 0.15) is 21.7 Å². The first-order valence-electron chi connectivity index (χ1n) is 13.1. The number of hydrogen-bond donors (Lipinski definition) is 0. The summed E-state index contributed by atoms with van der Waals surface area (Å²) in [6, 6.07) is 7.79. The molecule has 196 valence electrons. The maximum absolute atomic E-state index is 13.0. The maximum Gasteiger partial charge on any atom is 0.170 e. The summed E-state index contributed by atoms with van der Waals surface area (Å²) in [6.45, 7) is 6.17. The highest BCUT2D eigenvalue weighted by molar-refractivity contribution is 5.97. The van der Waals surface area contributed by atoms with Gasteiger partial charge in [-0.1, -0.05) is 0 Å². The third-order valence-corrected chi connectivity index (χ3v) is 7.52. The molecule has 9 nitrogen and oxygen atoms in total. The van der Waals surface area contributed by atoms with Crippen LogP contribution in [0.3, 0.4) is 0 Å². The Bertz CT molecular complexity index is 1450. The van der Waals surface area contributed by atoms with Crippen LogP contribution >= 0.6 is 0 Å². The van der Waals surface area contributed by atoms with E-state index in [0.29, 0.717) is 24.3 Å². The molecule has 0 atom stereocenters. The molecule has 0 bridgehead atoms. The summed E-state index contributed by atoms with van der Waals surface area (Å²) < 4.78 is 14.9. The number of halogens is 1. The number of carbonyl (C=O) groups excluding carboxylic acids is 1. The largest absolute Gasteiger partial charge is 0.354 e. The van der Waals surface area contributed by atoms with Gasteiger partial charge in [-0.3, -0.25) is 24.3 Å². The molecule has 4 aromatic heterocycles. The van der Waals surface area contributed by atoms with Crippen molar-refractivity contribution in [2.75, 3.05) is 57.9 Å². The highest BCUT2D eigenvalue weighted by Crippen LogP contribution is 2.29. The second-order valence-electron chi connectivity index (χ2n) is 10.1. The van der Waals surface area contributed by atoms with Crippen LogP contribution in [0.15, 0.2) is 49.1 Å². The maximum atomic E-state index is 13.0. The standard InChI is InChI=1S/C28H31FN8O/c1-34-6-9-36(10-7-34)28-3-2-20(15-32-28)27(38)14-23-13-21-12-22(16-31-25(21)18-30-23)24-17-33-37-11-8-35(5-4-29)19-26(24)37/h2-3,12-13,15-18H,4-11,14,19H2,1H3. The fourth-order valence-corrected chi connectivity index (χ4v) is 5.21. The van der Waals surface area contributed by atoms with Gasteiger partial charge in [-0.25, -0.2) is 9.37 Å². The Hall–Kier alpha value is -3.76. The second-order valence-corrected chi connectivity index (χ2v) is 10.1. The molecule has 4 aromatic rings. The van der Waals surface area contributed by atoms with Gasteiger partial charge < -0.3 is 9.80 Å². The van der Waals surface area contributed by atoms with Gasteiger partial charge in [-0.15, -0.1) is 0 Å². The Morgan fingerprint density at radius 2 is 1.82 bits per heavy atom. The summed E-state index contributed by atoms with van der Waals surface area (Å²) in [5.41, 5.74) is 5.07. The Labute approximate surface area is 220 Å². The average molecular weight is 515 g/mol. The first-order valence-corrected chi connectivity index (χ1v) is 13.1. The van der Waals surface area contributed by atoms with Crippen LogP contribution in [0, 0.1) is 0 Å². The van der Waals surface area contributed by atoms with Gasteiger partial charge in [0.1, 0.15) is 12.5 Å². The Morgan fingerprint density at radius 1 is 0.947 bits per heavy atom. The van der Waals surface area contributed by atoms with Crippen molar-refractivity contribution in [3.63, 3.8) is 0 Å². The van der Waals surface area contributed by atoms with Crippen molar-refractivity contribution in [2.24, 2.45) is 0 Å². The van der Waals surface area contributed by atoms with E-state index in [2.05, 4.69) is 47.9 Å². The number of hydrogen-bond acceptors (Lipinski definition) is 8. The molecule has 0 spiro atoms. The normalized spacial score (nSPS) is 16.6. The third-order valence-electron chi connectivity index (χ3n) is 7.52. The number of rotatable bonds is 7. The summed E-state index contributed by atoms with van der Waals surface area (Å²) in [5, 5.41) is 5.45. The number of alkyl halides is 1. The number of piperazine rings is 1. The van der Waals surface area contributed by atoms with Gasteiger partial charge in [0, 0.05) is 86.0 Å². The fraction of sp³-hybridized carbons (Fsp3) is 0.393. The molecule has 0 aromatic carbocycles. The number of nitrogens with zero attached hydrogens (tertiary/aromatic N) is 8. The molecule has 38 heavy (non-hydrogen) atoms. The van der Waals surface area contributed by atoms with E-state index in [4.69, 9.17) is 0 Å². The molecule has 0 amide bonds. The number of carbonyl (C=O) groups is 1. The van der Waals surface area contributed by atoms with Crippen LogP contribution in [-0.2, 0) is 19.5 Å². The van der Waals surface area contributed by atoms with Crippen molar-refractivity contribution in [3.05, 3.63) is 66.0 Å². The molecule has 2 aliphatic rings. The lowest BCUT2D eigenvalue weighted by Crippen LogP contribution is -2.44. The van der Waals surface area contributed by atoms with Crippen molar-refractivity contribution in [1.82, 2.24) is 34.5 Å². The average Bonchev–Trinajstić information content (AvgIpc) is 3.37. The Kier molecular flexibility index (Phi) is 6.82. The van der Waals surface area contributed by atoms with E-state index in [1.54, 1.807) is 12.4 Å². The second kappa shape index (κ2) is 10.5. The predicted molar refractivity (Wildman–Crippen MR) is 144 cm³/mol. The van der Waals surface area contributed by atoms with E-state index in [1.165, 1.54) is 0 Å². The quantitative estimate of drug-likeness (QED) is 0.348. The van der Waals surface area contributed by atoms with E-state index in [1.807, 2.05) is 35.3 Å². The molecule has 6 heterocycles. The minimum Gasteiger partial charge on any atom is -0.354 e. The van der Waals surface area contributed by atoms with Crippen molar-refractivity contribution < 1.29 is 9.18 Å². The van der Waals surface area contributed by atoms with Gasteiger partial charge in [-0.2, -0.15) is 5.10 Å². The topological polar surface area (TPSA) is 83.3 Å². The molecule has 1 fully saturated rings. The summed E-state index contributed by atoms with van der Waals surface area (Å²) in [4.78, 5) is 33.3. The first-order chi connectivity index (χ1) is 18.6. The van der Waals surface area contributed by atoms with Crippen molar-refractivity contribution in [3.8, 4) is 11.1 Å². The zero-order valence-corrected chi connectivity index (χ0v) is 21.6. The SMILES string of the molecule is CN1CCN(c2ccc(C(=O)Cc3cc4cc(-c5cnn6c5CN(CCF)CC6)cnc4cn3)cn2)CC1. The minimum absolute atomic E-state index is 0.0166. The number of ketones is 1. The summed E-state index contributed by atoms with van der Waals surface area (Å²) in [7, 11) is 2.12. The highest BCUT2D eigenvalue weighted by Gasteiger charge is 2.21. The zero-order valence-electron chi connectivity index (χ0n) is 21.6. The van der Waals surface area contributed by atoms with Crippen molar-refractivity contribution in [2.45, 2.75) is 19.5 Å². The van der Waals surface area contributed by atoms with Crippen molar-refractivity contribution >= 4 is 22.5 Å². The first kappa shape index (κ1) is 24.6. The lowest BCUT2D eigenvalue weighted by molar-refractivity contribution is 0.0991. The van der Waals surface area contributed by atoms with Gasteiger partial charge in [0.05, 0.1) is 36.6 Å². The molecule has 0 aliphatic carbocycles. The molecule has 1 saturated heterocycles. The predicted octanol–water partition coefficient (Wildman–Crippen LogP) is 2.85. The zero-order chi connectivity index (χ0) is 26.1. The summed E-state index contributed by atoms with van der Waals surface area (Å²) >= 11 is 0. The van der Waals surface area contributed by atoms with Crippen LogP contribution < -0.4 is 4.90 Å². The fourth-order valence-electron chi connectivity index (χ4n) is 5.21. The van der Waals surface area contributed by atoms with E-state index < -0.39 is 0 Å². The smallest absolute Gasteiger partial charge is 0.170 e. The molecule has 0 unspecified atom stereocenters. The molecular formula is C28H31FN8O. The van der Waals surface area contributed by atoms with Crippen LogP contribution in [-0.4, -0.2) is 93.3 Å². The monoisotopic (exact) mass is 514 g/mol. The van der Waals surface area contributed by atoms with Gasteiger partial charge in [0.2, 0.25) is 0 Å². The van der Waals surface area contributed by atoms with Gasteiger partial charge in [0.15, 0.2) is 5.78 Å². The lowest BCUT2D eigenvalue weighted by atomic mass is 10.0. The molecule has 0 radical (unpaired) electrons. The minimum atomic E-state index is -0.355. The number of pyridine rings is 3. The molecule has 6 rings (SSSR count). The Morgan fingerprint density at radius 3 is 2.61 bits per heavy atom. The van der Waals surface area contributed by atoms with E-state index in [9.17, 15) is 9.18 Å². The molecule has 10 heteroatoms. The van der Waals surface area contributed by atoms with Gasteiger partial charge >= 0.3 is 0 Å². The van der Waals surface area contributed by atoms with E-state index >= 15 is 0 Å². The molecule has 2 aliphatic heterocycles. The summed E-state index contributed by atoms with van der Waals surface area (Å²) in [5.74, 6) is 0.893. The highest BCUT2D eigenvalue weighted by atomic mass is 19.1. The lowest BCUT2D eigenvalue weighted by Gasteiger charge is -2.33. The summed E-state index contributed by atoms with van der Waals surface area (Å²) in [6.07, 6.45) is 7.27. The number of fused-ring (bicyclic) bond motifs is 2. The number of likely N-dealkylation sites (N-methyl/N-ethyl adjacent to an activating group) is 1. The van der Waals surface area contributed by atoms with Crippen LogP contribution in [0.5, 0.6) is 0 Å². The molecular weight excluding hydrogens is 483 g/mol. The van der Waals surface area contributed by atoms with E-state index in [0.717, 1.165) is 72.8 Å².